The molecule has 1 atom stereocenters. The molecule has 0 saturated heterocycles. The Morgan fingerprint density at radius 2 is 0.677 bits per heavy atom. The summed E-state index contributed by atoms with van der Waals surface area (Å²) in [6.07, 6.45) is 69.7. The predicted molar refractivity (Wildman–Crippen MR) is 279 cm³/mol. The molecule has 1 unspecified atom stereocenters. The van der Waals surface area contributed by atoms with Gasteiger partial charge in [0.05, 0.1) is 0 Å². The van der Waals surface area contributed by atoms with E-state index >= 15 is 0 Å². The van der Waals surface area contributed by atoms with Gasteiger partial charge in [0.1, 0.15) is 13.2 Å². The lowest BCUT2D eigenvalue weighted by Crippen LogP contribution is -2.30. The number of esters is 3. The van der Waals surface area contributed by atoms with E-state index in [4.69, 9.17) is 14.2 Å². The Morgan fingerprint density at radius 1 is 0.338 bits per heavy atom. The van der Waals surface area contributed by atoms with Crippen molar-refractivity contribution >= 4 is 17.9 Å². The molecule has 0 saturated carbocycles. The van der Waals surface area contributed by atoms with Crippen molar-refractivity contribution in [2.75, 3.05) is 13.2 Å². The van der Waals surface area contributed by atoms with Crippen molar-refractivity contribution in [3.63, 3.8) is 0 Å². The molecule has 0 aromatic rings. The summed E-state index contributed by atoms with van der Waals surface area (Å²) >= 11 is 0. The number of unbranched alkanes of at least 4 members (excludes halogenated alkanes) is 21. The molecule has 6 heteroatoms. The minimum Gasteiger partial charge on any atom is -0.462 e. The third-order valence-corrected chi connectivity index (χ3v) is 11.1. The minimum absolute atomic E-state index is 0.105. The van der Waals surface area contributed by atoms with Gasteiger partial charge in [-0.15, -0.1) is 0 Å². The van der Waals surface area contributed by atoms with Gasteiger partial charge in [-0.3, -0.25) is 14.4 Å². The lowest BCUT2D eigenvalue weighted by molar-refractivity contribution is -0.167. The molecular weight excluding hydrogens is 805 g/mol. The van der Waals surface area contributed by atoms with Crippen LogP contribution in [0.1, 0.15) is 239 Å². The molecule has 0 heterocycles. The fourth-order valence-electron chi connectivity index (χ4n) is 7.04. The van der Waals surface area contributed by atoms with Crippen LogP contribution in [0.3, 0.4) is 0 Å². The van der Waals surface area contributed by atoms with E-state index in [2.05, 4.69) is 118 Å². The number of allylic oxidation sites excluding steroid dienone is 16. The highest BCUT2D eigenvalue weighted by molar-refractivity contribution is 5.71. The molecule has 370 valence electrons. The summed E-state index contributed by atoms with van der Waals surface area (Å²) in [6.45, 7) is 6.40. The maximum Gasteiger partial charge on any atom is 0.306 e. The highest BCUT2D eigenvalue weighted by Crippen LogP contribution is 2.14. The number of hydrogen-bond acceptors (Lipinski definition) is 6. The molecule has 0 amide bonds. The number of hydrogen-bond donors (Lipinski definition) is 0. The molecule has 0 aliphatic carbocycles. The Balaban J connectivity index is 4.45. The van der Waals surface area contributed by atoms with Gasteiger partial charge in [-0.1, -0.05) is 214 Å². The number of carbonyl (C=O) groups excluding carboxylic acids is 3. The number of ether oxygens (including phenoxy) is 3. The molecule has 6 nitrogen and oxygen atoms in total. The summed E-state index contributed by atoms with van der Waals surface area (Å²) in [5.74, 6) is -0.979. The first-order chi connectivity index (χ1) is 32.0. The number of rotatable bonds is 47. The van der Waals surface area contributed by atoms with Crippen molar-refractivity contribution in [2.24, 2.45) is 0 Å². The Morgan fingerprint density at radius 3 is 1.14 bits per heavy atom. The third-order valence-electron chi connectivity index (χ3n) is 11.1. The summed E-state index contributed by atoms with van der Waals surface area (Å²) < 4.78 is 16.7. The van der Waals surface area contributed by atoms with Gasteiger partial charge in [-0.05, 0) is 103 Å². The first-order valence-corrected chi connectivity index (χ1v) is 26.8. The standard InChI is InChI=1S/C59H98O6/c1-4-7-10-13-16-19-22-24-26-28-29-31-32-34-37-40-43-46-49-52-58(61)64-55-56(54-63-57(60)51-48-45-42-39-36-21-18-15-12-9-6-3)65-59(62)53-50-47-44-41-38-35-33-30-27-25-23-20-17-14-11-8-5-2/h8,11,15-20,22,24-25,27,33,35,41,44,56H,4-7,9-10,12-14,21,23,26,28-32,34,36-40,42-43,45-55H2,1-3H3/b11-8-,18-15-,19-16-,20-17-,24-22-,27-25-,35-33-,44-41-. The molecule has 0 aliphatic heterocycles. The minimum atomic E-state index is -0.812. The largest absolute Gasteiger partial charge is 0.462 e. The van der Waals surface area contributed by atoms with E-state index in [1.807, 2.05) is 0 Å². The van der Waals surface area contributed by atoms with Crippen LogP contribution in [0, 0.1) is 0 Å². The van der Waals surface area contributed by atoms with E-state index in [-0.39, 0.29) is 37.5 Å². The predicted octanol–water partition coefficient (Wildman–Crippen LogP) is 17.8. The molecule has 0 N–H and O–H groups in total. The molecule has 65 heavy (non-hydrogen) atoms. The van der Waals surface area contributed by atoms with Crippen molar-refractivity contribution in [2.45, 2.75) is 245 Å². The molecule has 0 spiro atoms. The Kier molecular flexibility index (Phi) is 50.0. The molecule has 0 radical (unpaired) electrons. The zero-order valence-electron chi connectivity index (χ0n) is 42.2. The lowest BCUT2D eigenvalue weighted by Gasteiger charge is -2.18. The topological polar surface area (TPSA) is 78.9 Å². The lowest BCUT2D eigenvalue weighted by atomic mass is 10.1. The van der Waals surface area contributed by atoms with Crippen LogP contribution < -0.4 is 0 Å². The average molecular weight is 903 g/mol. The monoisotopic (exact) mass is 903 g/mol. The zero-order chi connectivity index (χ0) is 47.2. The summed E-state index contributed by atoms with van der Waals surface area (Å²) in [4.78, 5) is 38.0. The van der Waals surface area contributed by atoms with Crippen LogP contribution in [-0.2, 0) is 28.6 Å². The molecule has 0 aliphatic rings. The van der Waals surface area contributed by atoms with Gasteiger partial charge in [0.15, 0.2) is 6.10 Å². The van der Waals surface area contributed by atoms with E-state index in [1.54, 1.807) is 0 Å². The van der Waals surface area contributed by atoms with Gasteiger partial charge < -0.3 is 14.2 Å². The third kappa shape index (κ3) is 51.2. The highest BCUT2D eigenvalue weighted by atomic mass is 16.6. The van der Waals surface area contributed by atoms with Gasteiger partial charge in [-0.2, -0.15) is 0 Å². The summed E-state index contributed by atoms with van der Waals surface area (Å²) in [5.41, 5.74) is 0. The van der Waals surface area contributed by atoms with Gasteiger partial charge in [0.2, 0.25) is 0 Å². The van der Waals surface area contributed by atoms with Crippen LogP contribution in [0.5, 0.6) is 0 Å². The molecule has 0 rings (SSSR count). The van der Waals surface area contributed by atoms with Crippen molar-refractivity contribution in [3.05, 3.63) is 97.2 Å². The van der Waals surface area contributed by atoms with Crippen LogP contribution in [0.2, 0.25) is 0 Å². The van der Waals surface area contributed by atoms with Crippen LogP contribution in [-0.4, -0.2) is 37.2 Å². The molecule has 0 bridgehead atoms. The van der Waals surface area contributed by atoms with Crippen LogP contribution in [0.4, 0.5) is 0 Å². The van der Waals surface area contributed by atoms with Crippen molar-refractivity contribution in [3.8, 4) is 0 Å². The first kappa shape index (κ1) is 61.3. The van der Waals surface area contributed by atoms with E-state index in [9.17, 15) is 14.4 Å². The van der Waals surface area contributed by atoms with Crippen molar-refractivity contribution in [1.82, 2.24) is 0 Å². The zero-order valence-corrected chi connectivity index (χ0v) is 42.2. The smallest absolute Gasteiger partial charge is 0.306 e. The summed E-state index contributed by atoms with van der Waals surface area (Å²) in [5, 5.41) is 0. The molecule has 0 aromatic heterocycles. The van der Waals surface area contributed by atoms with Gasteiger partial charge in [-0.25, -0.2) is 0 Å². The van der Waals surface area contributed by atoms with E-state index in [0.717, 1.165) is 89.9 Å². The van der Waals surface area contributed by atoms with Crippen LogP contribution in [0.25, 0.3) is 0 Å². The summed E-state index contributed by atoms with van der Waals surface area (Å²) in [6, 6.07) is 0. The first-order valence-electron chi connectivity index (χ1n) is 26.8. The normalized spacial score (nSPS) is 12.8. The van der Waals surface area contributed by atoms with Crippen molar-refractivity contribution < 1.29 is 28.6 Å². The Bertz CT molecular complexity index is 1310. The van der Waals surface area contributed by atoms with Gasteiger partial charge in [0, 0.05) is 19.3 Å². The molecular formula is C59H98O6. The van der Waals surface area contributed by atoms with E-state index < -0.39 is 6.10 Å². The number of carbonyl (C=O) groups is 3. The maximum atomic E-state index is 12.8. The Hall–Kier alpha value is -3.67. The van der Waals surface area contributed by atoms with Gasteiger partial charge in [0.25, 0.3) is 0 Å². The van der Waals surface area contributed by atoms with Crippen LogP contribution >= 0.6 is 0 Å². The quantitative estimate of drug-likeness (QED) is 0.0199. The maximum absolute atomic E-state index is 12.8. The second-order valence-corrected chi connectivity index (χ2v) is 17.4. The van der Waals surface area contributed by atoms with Crippen molar-refractivity contribution in [1.29, 1.82) is 0 Å². The fraction of sp³-hybridized carbons (Fsp3) is 0.678. The molecule has 0 aromatic carbocycles. The highest BCUT2D eigenvalue weighted by Gasteiger charge is 2.19. The molecule has 0 fully saturated rings. The fourth-order valence-corrected chi connectivity index (χ4v) is 7.04. The van der Waals surface area contributed by atoms with Gasteiger partial charge >= 0.3 is 17.9 Å². The second kappa shape index (κ2) is 52.9. The SMILES string of the molecule is CC/C=C\C/C=C\C/C=C\C/C=C\C/C=C\CCCC(=O)OC(COC(=O)CCCCCCC/C=C\CCCC)COC(=O)CCCCCCCCCCCC/C=C\C=C/CCCCC. The Labute approximate surface area is 400 Å². The summed E-state index contributed by atoms with van der Waals surface area (Å²) in [7, 11) is 0. The average Bonchev–Trinajstić information content (AvgIpc) is 3.30. The van der Waals surface area contributed by atoms with Crippen LogP contribution in [0.15, 0.2) is 97.2 Å². The van der Waals surface area contributed by atoms with E-state index in [0.29, 0.717) is 19.3 Å². The second-order valence-electron chi connectivity index (χ2n) is 17.4. The van der Waals surface area contributed by atoms with E-state index in [1.165, 1.54) is 103 Å².